The van der Waals surface area contributed by atoms with Crippen LogP contribution in [0.15, 0.2) is 18.2 Å². The number of nitrogens with zero attached hydrogens (tertiary/aromatic N) is 1. The predicted octanol–water partition coefficient (Wildman–Crippen LogP) is 3.17. The third-order valence-corrected chi connectivity index (χ3v) is 6.61. The van der Waals surface area contributed by atoms with Gasteiger partial charge in [-0.05, 0) is 62.3 Å². The lowest BCUT2D eigenvalue weighted by atomic mass is 9.84. The van der Waals surface area contributed by atoms with Crippen molar-refractivity contribution >= 4 is 29.3 Å². The lowest BCUT2D eigenvalue weighted by Crippen LogP contribution is -2.29. The van der Waals surface area contributed by atoms with E-state index in [1.165, 1.54) is 4.90 Å². The van der Waals surface area contributed by atoms with Crippen molar-refractivity contribution in [3.63, 3.8) is 0 Å². The van der Waals surface area contributed by atoms with Gasteiger partial charge in [-0.2, -0.15) is 0 Å². The predicted molar refractivity (Wildman–Crippen MR) is 110 cm³/mol. The molecule has 2 fully saturated rings. The van der Waals surface area contributed by atoms with E-state index in [0.29, 0.717) is 37.1 Å². The second-order valence-corrected chi connectivity index (χ2v) is 8.66. The molecular formula is C23H28N2O5. The number of primary amides is 1. The summed E-state index contributed by atoms with van der Waals surface area (Å²) in [4.78, 5) is 50.9. The van der Waals surface area contributed by atoms with Crippen LogP contribution in [0, 0.1) is 11.8 Å². The summed E-state index contributed by atoms with van der Waals surface area (Å²) in [5.74, 6) is -0.870. The number of anilines is 1. The smallest absolute Gasteiger partial charge is 0.414 e. The Labute approximate surface area is 175 Å². The van der Waals surface area contributed by atoms with Gasteiger partial charge in [0.15, 0.2) is 5.78 Å². The van der Waals surface area contributed by atoms with E-state index in [1.54, 1.807) is 12.1 Å². The van der Waals surface area contributed by atoms with Crippen molar-refractivity contribution in [3.8, 4) is 0 Å². The highest BCUT2D eigenvalue weighted by Gasteiger charge is 2.37. The Hall–Kier alpha value is -2.70. The molecule has 0 radical (unpaired) electrons. The van der Waals surface area contributed by atoms with Gasteiger partial charge in [-0.1, -0.05) is 12.8 Å². The van der Waals surface area contributed by atoms with Crippen LogP contribution >= 0.6 is 0 Å². The van der Waals surface area contributed by atoms with Crippen LogP contribution in [0.1, 0.15) is 67.3 Å². The molecule has 0 bridgehead atoms. The van der Waals surface area contributed by atoms with Gasteiger partial charge in [0.1, 0.15) is 11.9 Å². The van der Waals surface area contributed by atoms with E-state index in [-0.39, 0.29) is 30.0 Å². The maximum absolute atomic E-state index is 13.2. The number of hydrogen-bond acceptors (Lipinski definition) is 5. The van der Waals surface area contributed by atoms with Crippen LogP contribution in [0.25, 0.3) is 0 Å². The highest BCUT2D eigenvalue weighted by Crippen LogP contribution is 2.34. The fourth-order valence-electron chi connectivity index (χ4n) is 4.96. The largest absolute Gasteiger partial charge is 0.444 e. The number of carbonyl (C=O) groups is 4. The molecule has 3 aliphatic rings. The highest BCUT2D eigenvalue weighted by molar-refractivity contribution is 6.12. The highest BCUT2D eigenvalue weighted by atomic mass is 16.6. The van der Waals surface area contributed by atoms with Gasteiger partial charge in [-0.25, -0.2) is 4.79 Å². The second-order valence-electron chi connectivity index (χ2n) is 8.66. The summed E-state index contributed by atoms with van der Waals surface area (Å²) >= 11 is 0. The molecule has 7 heteroatoms. The van der Waals surface area contributed by atoms with Gasteiger partial charge in [-0.15, -0.1) is 0 Å². The van der Waals surface area contributed by atoms with Gasteiger partial charge in [0, 0.05) is 23.6 Å². The number of carbonyl (C=O) groups excluding carboxylic acids is 4. The zero-order chi connectivity index (χ0) is 21.3. The Morgan fingerprint density at radius 3 is 2.60 bits per heavy atom. The van der Waals surface area contributed by atoms with E-state index < -0.39 is 17.9 Å². The molecule has 2 amide bonds. The molecule has 30 heavy (non-hydrogen) atoms. The molecule has 1 unspecified atom stereocenters. The first-order valence-electron chi connectivity index (χ1n) is 10.9. The van der Waals surface area contributed by atoms with Crippen molar-refractivity contribution in [2.75, 3.05) is 11.4 Å². The minimum atomic E-state index is -0.532. The Bertz CT molecular complexity index is 874. The maximum Gasteiger partial charge on any atom is 0.414 e. The summed E-state index contributed by atoms with van der Waals surface area (Å²) in [6, 6.07) is 5.36. The lowest BCUT2D eigenvalue weighted by Gasteiger charge is -2.18. The molecule has 1 aromatic carbocycles. The van der Waals surface area contributed by atoms with Gasteiger partial charge in [-0.3, -0.25) is 19.3 Å². The van der Waals surface area contributed by atoms with Gasteiger partial charge in [0.25, 0.3) is 0 Å². The third-order valence-electron chi connectivity index (χ3n) is 6.61. The number of fused-ring (bicyclic) bond motifs is 1. The molecule has 1 aromatic rings. The summed E-state index contributed by atoms with van der Waals surface area (Å²) in [5, 5.41) is 0. The third kappa shape index (κ3) is 4.11. The van der Waals surface area contributed by atoms with Crippen LogP contribution < -0.4 is 10.6 Å². The van der Waals surface area contributed by atoms with Crippen molar-refractivity contribution in [1.82, 2.24) is 0 Å². The van der Waals surface area contributed by atoms with Crippen molar-refractivity contribution < 1.29 is 23.9 Å². The average Bonchev–Trinajstić information content (AvgIpc) is 3.35. The number of nitrogens with two attached hydrogens (primary N) is 1. The molecule has 7 nitrogen and oxygen atoms in total. The van der Waals surface area contributed by atoms with E-state index in [1.807, 2.05) is 6.07 Å². The molecule has 2 aliphatic carbocycles. The number of benzene rings is 1. The van der Waals surface area contributed by atoms with Crippen LogP contribution in [-0.4, -0.2) is 36.2 Å². The minimum absolute atomic E-state index is 0.0384. The van der Waals surface area contributed by atoms with Gasteiger partial charge < -0.3 is 10.5 Å². The van der Waals surface area contributed by atoms with Crippen molar-refractivity contribution in [1.29, 1.82) is 0 Å². The molecule has 1 saturated heterocycles. The van der Waals surface area contributed by atoms with Crippen LogP contribution in [0.3, 0.4) is 0 Å². The fraction of sp³-hybridized carbons (Fsp3) is 0.565. The number of cyclic esters (lactones) is 1. The van der Waals surface area contributed by atoms with E-state index in [4.69, 9.17) is 10.5 Å². The Morgan fingerprint density at radius 2 is 1.87 bits per heavy atom. The minimum Gasteiger partial charge on any atom is -0.444 e. The first kappa shape index (κ1) is 20.6. The van der Waals surface area contributed by atoms with Crippen molar-refractivity contribution in [2.24, 2.45) is 17.6 Å². The Kier molecular flexibility index (Phi) is 5.88. The Morgan fingerprint density at radius 1 is 1.10 bits per heavy atom. The number of rotatable bonds is 6. The first-order chi connectivity index (χ1) is 14.4. The number of amides is 2. The Balaban J connectivity index is 1.50. The average molecular weight is 412 g/mol. The van der Waals surface area contributed by atoms with Gasteiger partial charge >= 0.3 is 6.09 Å². The maximum atomic E-state index is 13.2. The van der Waals surface area contributed by atoms with Gasteiger partial charge in [0.05, 0.1) is 12.5 Å². The summed E-state index contributed by atoms with van der Waals surface area (Å²) in [6.45, 7) is 0.349. The zero-order valence-electron chi connectivity index (χ0n) is 17.1. The summed E-state index contributed by atoms with van der Waals surface area (Å²) in [5.41, 5.74) is 7.34. The number of aryl methyl sites for hydroxylation is 1. The SMILES string of the molecule is NC(=O)CC[C@H]1CN(c2ccc3c(c2)CCCC(C(=O)C2CCCC2)C3=O)C(=O)O1. The second kappa shape index (κ2) is 8.58. The van der Waals surface area contributed by atoms with Crippen LogP contribution in [0.5, 0.6) is 0 Å². The van der Waals surface area contributed by atoms with Crippen LogP contribution in [0.2, 0.25) is 0 Å². The molecular weight excluding hydrogens is 384 g/mol. The number of Topliss-reactive ketones (excluding diaryl/α,β-unsaturated/α-hetero) is 2. The number of hydrogen-bond donors (Lipinski definition) is 1. The topological polar surface area (TPSA) is 107 Å². The van der Waals surface area contributed by atoms with Crippen LogP contribution in [0.4, 0.5) is 10.5 Å². The van der Waals surface area contributed by atoms with E-state index >= 15 is 0 Å². The summed E-state index contributed by atoms with van der Waals surface area (Å²) < 4.78 is 5.34. The molecule has 160 valence electrons. The van der Waals surface area contributed by atoms with E-state index in [0.717, 1.165) is 37.7 Å². The number of ether oxygens (including phenoxy) is 1. The zero-order valence-corrected chi connectivity index (χ0v) is 17.1. The monoisotopic (exact) mass is 412 g/mol. The molecule has 1 aliphatic heterocycles. The first-order valence-corrected chi connectivity index (χ1v) is 10.9. The van der Waals surface area contributed by atoms with Crippen molar-refractivity contribution in [2.45, 2.75) is 63.9 Å². The van der Waals surface area contributed by atoms with Gasteiger partial charge in [0.2, 0.25) is 5.91 Å². The molecule has 1 saturated carbocycles. The normalized spacial score (nSPS) is 24.5. The van der Waals surface area contributed by atoms with E-state index in [9.17, 15) is 19.2 Å². The van der Waals surface area contributed by atoms with Crippen LogP contribution in [-0.2, 0) is 20.7 Å². The molecule has 2 N–H and O–H groups in total. The molecule has 4 rings (SSSR count). The van der Waals surface area contributed by atoms with E-state index in [2.05, 4.69) is 0 Å². The fourth-order valence-corrected chi connectivity index (χ4v) is 4.96. The lowest BCUT2D eigenvalue weighted by molar-refractivity contribution is -0.125. The molecule has 1 heterocycles. The van der Waals surface area contributed by atoms with Crippen molar-refractivity contribution in [3.05, 3.63) is 29.3 Å². The molecule has 0 spiro atoms. The molecule has 2 atom stereocenters. The quantitative estimate of drug-likeness (QED) is 0.570. The summed E-state index contributed by atoms with van der Waals surface area (Å²) in [7, 11) is 0. The standard InChI is InChI=1S/C23H28N2O5/c24-20(26)11-9-17-13-25(23(29)30-17)16-8-10-18-15(12-16)6-3-7-19(22(18)28)21(27)14-4-1-2-5-14/h8,10,12,14,17,19H,1-7,9,11,13H2,(H2,24,26)/t17-,19?/m0/s1. The summed E-state index contributed by atoms with van der Waals surface area (Å²) in [6.07, 6.45) is 5.76. The number of ketones is 2. The molecule has 0 aromatic heterocycles.